The Hall–Kier alpha value is -2.93. The first kappa shape index (κ1) is 21.8. The summed E-state index contributed by atoms with van der Waals surface area (Å²) in [7, 11) is 5.12. The van der Waals surface area contributed by atoms with Crippen LogP contribution < -0.4 is 4.74 Å². The number of amidine groups is 1. The van der Waals surface area contributed by atoms with Crippen molar-refractivity contribution in [1.82, 2.24) is 4.90 Å². The highest BCUT2D eigenvalue weighted by molar-refractivity contribution is 8.18. The topological polar surface area (TPSA) is 82.4 Å². The van der Waals surface area contributed by atoms with Gasteiger partial charge in [-0.15, -0.1) is 0 Å². The Morgan fingerprint density at radius 2 is 1.80 bits per heavy atom. The van der Waals surface area contributed by atoms with Crippen LogP contribution in [-0.2, 0) is 10.2 Å². The third kappa shape index (κ3) is 4.31. The fourth-order valence-electron chi connectivity index (χ4n) is 3.11. The minimum Gasteiger partial charge on any atom is -0.508 e. The number of aliphatic imine (C=N–C) groups is 1. The number of hydrogen-bond acceptors (Lipinski definition) is 6. The molecule has 7 heteroatoms. The van der Waals surface area contributed by atoms with E-state index < -0.39 is 0 Å². The smallest absolute Gasteiger partial charge is 0.286 e. The monoisotopic (exact) mass is 426 g/mol. The summed E-state index contributed by atoms with van der Waals surface area (Å²) in [4.78, 5) is 18.5. The molecule has 2 aromatic rings. The molecule has 0 aliphatic carbocycles. The lowest BCUT2D eigenvalue weighted by Gasteiger charge is -2.21. The van der Waals surface area contributed by atoms with Crippen LogP contribution in [0.15, 0.2) is 40.2 Å². The molecule has 3 rings (SSSR count). The van der Waals surface area contributed by atoms with Crippen LogP contribution >= 0.6 is 11.8 Å². The molecule has 0 bridgehead atoms. The average Bonchev–Trinajstić information content (AvgIpc) is 3.03. The highest BCUT2D eigenvalue weighted by atomic mass is 32.2. The van der Waals surface area contributed by atoms with Gasteiger partial charge in [-0.1, -0.05) is 26.8 Å². The second-order valence-electron chi connectivity index (χ2n) is 8.30. The number of aromatic hydroxyl groups is 2. The Labute approximate surface area is 180 Å². The lowest BCUT2D eigenvalue weighted by atomic mass is 9.84. The summed E-state index contributed by atoms with van der Waals surface area (Å²) < 4.78 is 5.36. The summed E-state index contributed by atoms with van der Waals surface area (Å²) in [6, 6.07) is 8.95. The Bertz CT molecular complexity index is 1070. The molecule has 1 amide bonds. The highest BCUT2D eigenvalue weighted by Gasteiger charge is 2.24. The molecule has 1 heterocycles. The van der Waals surface area contributed by atoms with Gasteiger partial charge in [0.25, 0.3) is 5.91 Å². The molecule has 6 nitrogen and oxygen atoms in total. The number of methoxy groups -OCH3 is 1. The van der Waals surface area contributed by atoms with E-state index in [2.05, 4.69) is 4.99 Å². The van der Waals surface area contributed by atoms with E-state index in [-0.39, 0.29) is 22.8 Å². The summed E-state index contributed by atoms with van der Waals surface area (Å²) in [5, 5.41) is 21.5. The summed E-state index contributed by atoms with van der Waals surface area (Å²) in [5.41, 5.74) is 2.70. The number of amides is 1. The number of nitrogens with zero attached hydrogens (tertiary/aromatic N) is 2. The second kappa shape index (κ2) is 8.07. The molecule has 0 atom stereocenters. The van der Waals surface area contributed by atoms with Crippen LogP contribution in [0.25, 0.3) is 17.2 Å². The molecule has 158 valence electrons. The molecule has 1 aliphatic rings. The van der Waals surface area contributed by atoms with Crippen molar-refractivity contribution in [1.29, 1.82) is 0 Å². The number of ether oxygens (including phenoxy) is 1. The van der Waals surface area contributed by atoms with Crippen LogP contribution in [0, 0.1) is 0 Å². The number of rotatable bonds is 3. The Morgan fingerprint density at radius 3 is 2.37 bits per heavy atom. The van der Waals surface area contributed by atoms with Crippen LogP contribution in [0.1, 0.15) is 31.9 Å². The van der Waals surface area contributed by atoms with Gasteiger partial charge in [-0.05, 0) is 64.2 Å². The quantitative estimate of drug-likeness (QED) is 0.698. The molecule has 1 aliphatic heterocycles. The number of hydrogen-bond donors (Lipinski definition) is 2. The molecule has 0 aromatic heterocycles. The van der Waals surface area contributed by atoms with Gasteiger partial charge in [0.15, 0.2) is 16.7 Å². The van der Waals surface area contributed by atoms with Crippen molar-refractivity contribution in [3.63, 3.8) is 0 Å². The number of carbonyl (C=O) groups is 1. The van der Waals surface area contributed by atoms with Crippen molar-refractivity contribution in [3.8, 4) is 28.4 Å². The van der Waals surface area contributed by atoms with Crippen molar-refractivity contribution in [3.05, 3.63) is 46.4 Å². The summed E-state index contributed by atoms with van der Waals surface area (Å²) in [5.74, 6) is 0.150. The maximum Gasteiger partial charge on any atom is 0.286 e. The van der Waals surface area contributed by atoms with Crippen molar-refractivity contribution < 1.29 is 19.7 Å². The van der Waals surface area contributed by atoms with Crippen LogP contribution in [0.5, 0.6) is 17.2 Å². The third-order valence-corrected chi connectivity index (χ3v) is 5.89. The normalized spacial score (nSPS) is 15.5. The van der Waals surface area contributed by atoms with E-state index in [4.69, 9.17) is 4.74 Å². The Kier molecular flexibility index (Phi) is 5.85. The largest absolute Gasteiger partial charge is 0.508 e. The van der Waals surface area contributed by atoms with Gasteiger partial charge in [-0.25, -0.2) is 0 Å². The minimum atomic E-state index is -0.341. The predicted octanol–water partition coefficient (Wildman–Crippen LogP) is 4.60. The van der Waals surface area contributed by atoms with Gasteiger partial charge in [-0.3, -0.25) is 4.79 Å². The second-order valence-corrected chi connectivity index (χ2v) is 9.31. The van der Waals surface area contributed by atoms with Crippen molar-refractivity contribution in [2.24, 2.45) is 4.99 Å². The van der Waals surface area contributed by atoms with Crippen LogP contribution in [0.3, 0.4) is 0 Å². The van der Waals surface area contributed by atoms with Gasteiger partial charge in [0, 0.05) is 19.7 Å². The molecule has 0 unspecified atom stereocenters. The van der Waals surface area contributed by atoms with Crippen LogP contribution in [0.4, 0.5) is 0 Å². The molecule has 2 N–H and O–H groups in total. The molecule has 0 saturated heterocycles. The Balaban J connectivity index is 2.10. The lowest BCUT2D eigenvalue weighted by molar-refractivity contribution is -0.113. The molecule has 2 aromatic carbocycles. The molecule has 30 heavy (non-hydrogen) atoms. The number of phenolic OH excluding ortho intramolecular Hbond substituents is 2. The van der Waals surface area contributed by atoms with Crippen molar-refractivity contribution >= 4 is 28.9 Å². The van der Waals surface area contributed by atoms with E-state index >= 15 is 0 Å². The molecular weight excluding hydrogens is 400 g/mol. The molecule has 0 saturated carbocycles. The predicted molar refractivity (Wildman–Crippen MR) is 122 cm³/mol. The number of benzene rings is 2. The van der Waals surface area contributed by atoms with E-state index in [1.54, 1.807) is 29.2 Å². The SMILES string of the molecule is COc1cc(-c2ccc(O)c(C(C)(C)C)c2)cc(/C=C2\SC(N(C)C)=NC2=O)c1O. The molecular formula is C23H26N2O4S. The van der Waals surface area contributed by atoms with E-state index in [0.717, 1.165) is 16.7 Å². The zero-order valence-corrected chi connectivity index (χ0v) is 18.8. The van der Waals surface area contributed by atoms with Crippen molar-refractivity contribution in [2.75, 3.05) is 21.2 Å². The van der Waals surface area contributed by atoms with Gasteiger partial charge in [0.2, 0.25) is 0 Å². The van der Waals surface area contributed by atoms with E-state index in [9.17, 15) is 15.0 Å². The van der Waals surface area contributed by atoms with E-state index in [1.807, 2.05) is 47.0 Å². The van der Waals surface area contributed by atoms with Gasteiger partial charge < -0.3 is 19.8 Å². The molecule has 0 spiro atoms. The maximum atomic E-state index is 12.3. The summed E-state index contributed by atoms with van der Waals surface area (Å²) in [6.07, 6.45) is 1.62. The first-order valence-corrected chi connectivity index (χ1v) is 10.3. The maximum absolute atomic E-state index is 12.3. The van der Waals surface area contributed by atoms with Gasteiger partial charge in [-0.2, -0.15) is 4.99 Å². The fraction of sp³-hybridized carbons (Fsp3) is 0.304. The van der Waals surface area contributed by atoms with Crippen LogP contribution in [-0.4, -0.2) is 47.4 Å². The van der Waals surface area contributed by atoms with E-state index in [0.29, 0.717) is 21.4 Å². The van der Waals surface area contributed by atoms with E-state index in [1.165, 1.54) is 18.9 Å². The number of phenols is 2. The Morgan fingerprint density at radius 1 is 1.10 bits per heavy atom. The first-order valence-electron chi connectivity index (χ1n) is 9.46. The molecule has 0 radical (unpaired) electrons. The highest BCUT2D eigenvalue weighted by Crippen LogP contribution is 2.40. The number of carbonyl (C=O) groups excluding carboxylic acids is 1. The minimum absolute atomic E-state index is 0.0460. The summed E-state index contributed by atoms with van der Waals surface area (Å²) >= 11 is 1.26. The molecule has 0 fully saturated rings. The van der Waals surface area contributed by atoms with Crippen molar-refractivity contribution in [2.45, 2.75) is 26.2 Å². The fourth-order valence-corrected chi connectivity index (χ4v) is 3.94. The van der Waals surface area contributed by atoms with Gasteiger partial charge in [0.05, 0.1) is 12.0 Å². The van der Waals surface area contributed by atoms with Gasteiger partial charge in [0.1, 0.15) is 5.75 Å². The summed E-state index contributed by atoms with van der Waals surface area (Å²) in [6.45, 7) is 6.10. The van der Waals surface area contributed by atoms with Gasteiger partial charge >= 0.3 is 0 Å². The number of thioether (sulfide) groups is 1. The zero-order chi connectivity index (χ0) is 22.2. The third-order valence-electron chi connectivity index (χ3n) is 4.74. The standard InChI is InChI=1S/C23H26N2O4S/c1-23(2,3)16-10-13(7-8-17(16)26)14-9-15(20(27)18(11-14)29-6)12-19-21(28)24-22(30-19)25(4)5/h7-12,26-27H,1-6H3/b19-12-. The zero-order valence-electron chi connectivity index (χ0n) is 18.0. The lowest BCUT2D eigenvalue weighted by Crippen LogP contribution is -2.16. The average molecular weight is 427 g/mol. The van der Waals surface area contributed by atoms with Crippen LogP contribution in [0.2, 0.25) is 0 Å². The first-order chi connectivity index (χ1) is 14.0.